The van der Waals surface area contributed by atoms with E-state index < -0.39 is 5.97 Å². The summed E-state index contributed by atoms with van der Waals surface area (Å²) in [5, 5.41) is 5.70. The number of methoxy groups -OCH3 is 1. The van der Waals surface area contributed by atoms with Gasteiger partial charge in [0.1, 0.15) is 0 Å². The highest BCUT2D eigenvalue weighted by molar-refractivity contribution is 5.90. The first kappa shape index (κ1) is 19.5. The van der Waals surface area contributed by atoms with E-state index in [1.54, 1.807) is 11.0 Å². The fourth-order valence-corrected chi connectivity index (χ4v) is 2.77. The topological polar surface area (TPSA) is 87.7 Å². The number of hydrogen-bond acceptors (Lipinski definition) is 4. The van der Waals surface area contributed by atoms with Gasteiger partial charge in [-0.15, -0.1) is 0 Å². The van der Waals surface area contributed by atoms with Crippen LogP contribution in [0.3, 0.4) is 0 Å². The first-order chi connectivity index (χ1) is 12.6. The van der Waals surface area contributed by atoms with Gasteiger partial charge in [-0.25, -0.2) is 9.59 Å². The maximum Gasteiger partial charge on any atom is 0.330 e. The van der Waals surface area contributed by atoms with E-state index in [0.29, 0.717) is 26.1 Å². The number of benzene rings is 1. The smallest absolute Gasteiger partial charge is 0.330 e. The number of anilines is 1. The molecule has 140 valence electrons. The van der Waals surface area contributed by atoms with Crippen molar-refractivity contribution in [2.45, 2.75) is 19.3 Å². The molecule has 1 unspecified atom stereocenters. The van der Waals surface area contributed by atoms with Gasteiger partial charge in [-0.3, -0.25) is 4.79 Å². The van der Waals surface area contributed by atoms with Crippen molar-refractivity contribution in [2.24, 2.45) is 5.92 Å². The lowest BCUT2D eigenvalue weighted by molar-refractivity contribution is -0.134. The van der Waals surface area contributed by atoms with Crippen molar-refractivity contribution in [2.75, 3.05) is 32.1 Å². The number of rotatable bonds is 6. The Bertz CT molecular complexity index is 645. The van der Waals surface area contributed by atoms with Crippen molar-refractivity contribution >= 4 is 23.6 Å². The molecule has 0 aromatic heterocycles. The van der Waals surface area contributed by atoms with Crippen LogP contribution in [0.1, 0.15) is 19.3 Å². The summed E-state index contributed by atoms with van der Waals surface area (Å²) in [6.45, 7) is 1.49. The van der Waals surface area contributed by atoms with Gasteiger partial charge in [-0.05, 0) is 31.4 Å². The third-order valence-electron chi connectivity index (χ3n) is 4.17. The molecular formula is C19H25N3O4. The average molecular weight is 359 g/mol. The Morgan fingerprint density at radius 3 is 2.77 bits per heavy atom. The fraction of sp³-hybridized carbons (Fsp3) is 0.421. The van der Waals surface area contributed by atoms with E-state index in [-0.39, 0.29) is 17.9 Å². The van der Waals surface area contributed by atoms with Gasteiger partial charge in [-0.1, -0.05) is 24.3 Å². The van der Waals surface area contributed by atoms with Crippen molar-refractivity contribution < 1.29 is 19.1 Å². The number of likely N-dealkylation sites (tertiary alicyclic amines) is 1. The molecule has 1 saturated heterocycles. The summed E-state index contributed by atoms with van der Waals surface area (Å²) in [5.74, 6) is -0.688. The van der Waals surface area contributed by atoms with Gasteiger partial charge < -0.3 is 20.3 Å². The summed E-state index contributed by atoms with van der Waals surface area (Å²) in [6, 6.07) is 9.07. The number of hydrogen-bond donors (Lipinski definition) is 2. The van der Waals surface area contributed by atoms with Gasteiger partial charge in [0.05, 0.1) is 13.0 Å². The number of urea groups is 1. The molecule has 1 fully saturated rings. The van der Waals surface area contributed by atoms with Gasteiger partial charge >= 0.3 is 12.0 Å². The molecule has 0 spiro atoms. The zero-order chi connectivity index (χ0) is 18.8. The second kappa shape index (κ2) is 10.2. The lowest BCUT2D eigenvalue weighted by atomic mass is 9.97. The van der Waals surface area contributed by atoms with Gasteiger partial charge in [0.15, 0.2) is 0 Å². The second-order valence-corrected chi connectivity index (χ2v) is 6.09. The lowest BCUT2D eigenvalue weighted by Gasteiger charge is -2.32. The zero-order valence-corrected chi connectivity index (χ0v) is 14.9. The predicted octanol–water partition coefficient (Wildman–Crippen LogP) is 2.17. The van der Waals surface area contributed by atoms with E-state index >= 15 is 0 Å². The zero-order valence-electron chi connectivity index (χ0n) is 14.9. The Balaban J connectivity index is 1.76. The maximum atomic E-state index is 12.4. The molecule has 1 aliphatic heterocycles. The summed E-state index contributed by atoms with van der Waals surface area (Å²) in [5.41, 5.74) is 0.737. The Morgan fingerprint density at radius 1 is 1.27 bits per heavy atom. The minimum absolute atomic E-state index is 0.0614. The van der Waals surface area contributed by atoms with Crippen LogP contribution < -0.4 is 10.6 Å². The minimum atomic E-state index is -0.413. The molecule has 1 heterocycles. The standard InChI is InChI=1S/C19H25N3O4/c1-26-17(23)11-5-6-12-20-18(24)15-8-7-13-22(14-15)19(25)21-16-9-3-2-4-10-16/h2-5,9-11,15H,6-8,12-14H2,1H3,(H,20,24)(H,21,25)/b11-5+. The number of ether oxygens (including phenoxy) is 1. The third kappa shape index (κ3) is 6.23. The first-order valence-corrected chi connectivity index (χ1v) is 8.73. The van der Waals surface area contributed by atoms with Crippen molar-refractivity contribution in [3.63, 3.8) is 0 Å². The van der Waals surface area contributed by atoms with Crippen molar-refractivity contribution in [1.29, 1.82) is 0 Å². The average Bonchev–Trinajstić information content (AvgIpc) is 2.68. The summed E-state index contributed by atoms with van der Waals surface area (Å²) < 4.78 is 4.49. The Labute approximate surface area is 153 Å². The lowest BCUT2D eigenvalue weighted by Crippen LogP contribution is -2.47. The summed E-state index contributed by atoms with van der Waals surface area (Å²) in [4.78, 5) is 37.3. The van der Waals surface area contributed by atoms with E-state index in [2.05, 4.69) is 15.4 Å². The van der Waals surface area contributed by atoms with Crippen LogP contribution in [0.4, 0.5) is 10.5 Å². The van der Waals surface area contributed by atoms with Crippen LogP contribution in [-0.2, 0) is 14.3 Å². The number of amides is 3. The van der Waals surface area contributed by atoms with E-state index in [0.717, 1.165) is 18.5 Å². The number of nitrogens with zero attached hydrogens (tertiary/aromatic N) is 1. The van der Waals surface area contributed by atoms with Crippen molar-refractivity contribution in [1.82, 2.24) is 10.2 Å². The maximum absolute atomic E-state index is 12.4. The molecule has 26 heavy (non-hydrogen) atoms. The van der Waals surface area contributed by atoms with Crippen LogP contribution in [0.15, 0.2) is 42.5 Å². The number of nitrogens with one attached hydrogen (secondary N) is 2. The molecule has 1 atom stereocenters. The summed E-state index contributed by atoms with van der Waals surface area (Å²) >= 11 is 0. The largest absolute Gasteiger partial charge is 0.466 e. The van der Waals surface area contributed by atoms with Crippen molar-refractivity contribution in [3.05, 3.63) is 42.5 Å². The van der Waals surface area contributed by atoms with Gasteiger partial charge in [0.25, 0.3) is 0 Å². The highest BCUT2D eigenvalue weighted by Crippen LogP contribution is 2.18. The normalized spacial score (nSPS) is 17.0. The number of carbonyl (C=O) groups excluding carboxylic acids is 3. The predicted molar refractivity (Wildman–Crippen MR) is 98.5 cm³/mol. The van der Waals surface area contributed by atoms with E-state index in [4.69, 9.17) is 0 Å². The molecule has 0 radical (unpaired) electrons. The van der Waals surface area contributed by atoms with E-state index in [1.807, 2.05) is 30.3 Å². The molecule has 2 rings (SSSR count). The quantitative estimate of drug-likeness (QED) is 0.463. The highest BCUT2D eigenvalue weighted by Gasteiger charge is 2.28. The number of piperidine rings is 1. The molecule has 7 heteroatoms. The molecular weight excluding hydrogens is 334 g/mol. The first-order valence-electron chi connectivity index (χ1n) is 8.73. The molecule has 7 nitrogen and oxygen atoms in total. The van der Waals surface area contributed by atoms with Crippen LogP contribution in [0.2, 0.25) is 0 Å². The molecule has 1 aromatic rings. The van der Waals surface area contributed by atoms with Crippen LogP contribution in [-0.4, -0.2) is 49.6 Å². The van der Waals surface area contributed by atoms with Crippen LogP contribution in [0, 0.1) is 5.92 Å². The summed E-state index contributed by atoms with van der Waals surface area (Å²) in [6.07, 6.45) is 5.10. The molecule has 0 bridgehead atoms. The number of esters is 1. The Morgan fingerprint density at radius 2 is 2.04 bits per heavy atom. The number of para-hydroxylation sites is 1. The van der Waals surface area contributed by atoms with Crippen LogP contribution >= 0.6 is 0 Å². The molecule has 3 amide bonds. The van der Waals surface area contributed by atoms with E-state index in [9.17, 15) is 14.4 Å². The van der Waals surface area contributed by atoms with E-state index in [1.165, 1.54) is 13.2 Å². The minimum Gasteiger partial charge on any atom is -0.466 e. The van der Waals surface area contributed by atoms with Crippen LogP contribution in [0.5, 0.6) is 0 Å². The Kier molecular flexibility index (Phi) is 7.67. The second-order valence-electron chi connectivity index (χ2n) is 6.09. The Hall–Kier alpha value is -2.83. The van der Waals surface area contributed by atoms with Gasteiger partial charge in [-0.2, -0.15) is 0 Å². The fourth-order valence-electron chi connectivity index (χ4n) is 2.77. The summed E-state index contributed by atoms with van der Waals surface area (Å²) in [7, 11) is 1.32. The molecule has 1 aromatic carbocycles. The van der Waals surface area contributed by atoms with Gasteiger partial charge in [0, 0.05) is 31.4 Å². The highest BCUT2D eigenvalue weighted by atomic mass is 16.5. The third-order valence-corrected chi connectivity index (χ3v) is 4.17. The van der Waals surface area contributed by atoms with Crippen LogP contribution in [0.25, 0.3) is 0 Å². The van der Waals surface area contributed by atoms with Crippen molar-refractivity contribution in [3.8, 4) is 0 Å². The SMILES string of the molecule is COC(=O)/C=C/CCNC(=O)C1CCCN(C(=O)Nc2ccccc2)C1. The monoisotopic (exact) mass is 359 g/mol. The molecule has 2 N–H and O–H groups in total. The van der Waals surface area contributed by atoms with Gasteiger partial charge in [0.2, 0.25) is 5.91 Å². The molecule has 0 aliphatic carbocycles. The number of carbonyl (C=O) groups is 3. The molecule has 1 aliphatic rings. The molecule has 0 saturated carbocycles.